The zero-order chi connectivity index (χ0) is 14.5. The van der Waals surface area contributed by atoms with Crippen molar-refractivity contribution < 1.29 is 9.53 Å². The number of nitrogens with zero attached hydrogens (tertiary/aromatic N) is 1. The smallest absolute Gasteiger partial charge is 0.307 e. The van der Waals surface area contributed by atoms with Gasteiger partial charge in [0.2, 0.25) is 0 Å². The van der Waals surface area contributed by atoms with E-state index in [1.165, 1.54) is 5.75 Å². The van der Waals surface area contributed by atoms with Gasteiger partial charge in [0.15, 0.2) is 0 Å². The molecule has 4 heteroatoms. The predicted octanol–water partition coefficient (Wildman–Crippen LogP) is 3.18. The molecule has 1 atom stereocenters. The largest absolute Gasteiger partial charge is 0.466 e. The zero-order valence-corrected chi connectivity index (χ0v) is 13.9. The molecule has 1 fully saturated rings. The fourth-order valence-corrected chi connectivity index (χ4v) is 4.84. The molecule has 0 saturated carbocycles. The Bertz CT molecular complexity index is 303. The normalized spacial score (nSPS) is 26.4. The maximum atomic E-state index is 12.0. The standard InChI is InChI=1S/C15H29NO2S/c1-6-16(7-2)15(9-13(17)18-8-3)10-14(4,5)11-19-12-15/h6-12H2,1-5H3. The van der Waals surface area contributed by atoms with Gasteiger partial charge in [0.1, 0.15) is 0 Å². The van der Waals surface area contributed by atoms with Gasteiger partial charge >= 0.3 is 5.97 Å². The molecule has 0 aromatic heterocycles. The lowest BCUT2D eigenvalue weighted by Crippen LogP contribution is -2.56. The molecule has 0 amide bonds. The van der Waals surface area contributed by atoms with Crippen LogP contribution in [0.1, 0.15) is 47.5 Å². The Kier molecular flexibility index (Phi) is 6.18. The second kappa shape index (κ2) is 6.98. The van der Waals surface area contributed by atoms with E-state index in [-0.39, 0.29) is 16.9 Å². The molecule has 0 aliphatic carbocycles. The molecule has 0 radical (unpaired) electrons. The third-order valence-electron chi connectivity index (χ3n) is 3.88. The molecule has 1 unspecified atom stereocenters. The van der Waals surface area contributed by atoms with Gasteiger partial charge in [0.05, 0.1) is 13.0 Å². The lowest BCUT2D eigenvalue weighted by Gasteiger charge is -2.50. The summed E-state index contributed by atoms with van der Waals surface area (Å²) < 4.78 is 5.20. The van der Waals surface area contributed by atoms with Crippen molar-refractivity contribution in [3.05, 3.63) is 0 Å². The summed E-state index contributed by atoms with van der Waals surface area (Å²) in [5.41, 5.74) is 0.264. The van der Waals surface area contributed by atoms with Gasteiger partial charge in [-0.15, -0.1) is 0 Å². The van der Waals surface area contributed by atoms with Gasteiger partial charge in [-0.2, -0.15) is 11.8 Å². The first-order valence-electron chi connectivity index (χ1n) is 7.37. The zero-order valence-electron chi connectivity index (χ0n) is 13.1. The van der Waals surface area contributed by atoms with Crippen molar-refractivity contribution in [1.82, 2.24) is 4.90 Å². The van der Waals surface area contributed by atoms with Crippen LogP contribution in [-0.2, 0) is 9.53 Å². The molecule has 1 rings (SSSR count). The van der Waals surface area contributed by atoms with Crippen molar-refractivity contribution in [2.75, 3.05) is 31.2 Å². The number of rotatable bonds is 6. The van der Waals surface area contributed by atoms with Gasteiger partial charge in [0.25, 0.3) is 0 Å². The maximum Gasteiger partial charge on any atom is 0.307 e. The number of hydrogen-bond donors (Lipinski definition) is 0. The van der Waals surface area contributed by atoms with Gasteiger partial charge in [-0.3, -0.25) is 9.69 Å². The Labute approximate surface area is 122 Å². The van der Waals surface area contributed by atoms with E-state index in [1.807, 2.05) is 18.7 Å². The van der Waals surface area contributed by atoms with E-state index < -0.39 is 0 Å². The fraction of sp³-hybridized carbons (Fsp3) is 0.933. The highest BCUT2D eigenvalue weighted by molar-refractivity contribution is 7.99. The minimum Gasteiger partial charge on any atom is -0.466 e. The molecule has 1 heterocycles. The first-order valence-corrected chi connectivity index (χ1v) is 8.53. The summed E-state index contributed by atoms with van der Waals surface area (Å²) in [6, 6.07) is 0. The van der Waals surface area contributed by atoms with Crippen LogP contribution in [0.3, 0.4) is 0 Å². The summed E-state index contributed by atoms with van der Waals surface area (Å²) >= 11 is 1.98. The van der Waals surface area contributed by atoms with Crippen LogP contribution >= 0.6 is 11.8 Å². The van der Waals surface area contributed by atoms with Crippen molar-refractivity contribution in [3.63, 3.8) is 0 Å². The molecule has 3 nitrogen and oxygen atoms in total. The Hall–Kier alpha value is -0.220. The molecular formula is C15H29NO2S. The molecule has 0 N–H and O–H groups in total. The van der Waals surface area contributed by atoms with Crippen LogP contribution in [0, 0.1) is 5.41 Å². The van der Waals surface area contributed by atoms with Gasteiger partial charge in [-0.1, -0.05) is 27.7 Å². The Morgan fingerprint density at radius 1 is 1.21 bits per heavy atom. The second-order valence-electron chi connectivity index (χ2n) is 6.21. The second-order valence-corrected chi connectivity index (χ2v) is 7.20. The molecule has 1 aliphatic heterocycles. The molecule has 0 aromatic carbocycles. The summed E-state index contributed by atoms with van der Waals surface area (Å²) in [6.45, 7) is 13.3. The quantitative estimate of drug-likeness (QED) is 0.702. The van der Waals surface area contributed by atoms with Crippen molar-refractivity contribution in [2.45, 2.75) is 53.0 Å². The average molecular weight is 287 g/mol. The third kappa shape index (κ3) is 4.38. The highest BCUT2D eigenvalue weighted by Crippen LogP contribution is 2.44. The summed E-state index contributed by atoms with van der Waals surface area (Å²) in [5, 5.41) is 0. The number of esters is 1. The van der Waals surface area contributed by atoms with E-state index in [9.17, 15) is 4.79 Å². The lowest BCUT2D eigenvalue weighted by molar-refractivity contribution is -0.146. The van der Waals surface area contributed by atoms with E-state index in [1.54, 1.807) is 0 Å². The van der Waals surface area contributed by atoms with E-state index in [0.29, 0.717) is 13.0 Å². The molecule has 19 heavy (non-hydrogen) atoms. The highest BCUT2D eigenvalue weighted by Gasteiger charge is 2.45. The van der Waals surface area contributed by atoms with Gasteiger partial charge in [-0.05, 0) is 37.6 Å². The number of ether oxygens (including phenoxy) is 1. The Balaban J connectivity index is 2.92. The molecule has 0 spiro atoms. The SMILES string of the molecule is CCOC(=O)CC1(N(CC)CC)CSCC(C)(C)C1. The van der Waals surface area contributed by atoms with Crippen LogP contribution in [-0.4, -0.2) is 47.6 Å². The minimum atomic E-state index is -0.0484. The van der Waals surface area contributed by atoms with Gasteiger partial charge < -0.3 is 4.74 Å². The van der Waals surface area contributed by atoms with Crippen LogP contribution in [0.4, 0.5) is 0 Å². The predicted molar refractivity (Wildman–Crippen MR) is 82.6 cm³/mol. The van der Waals surface area contributed by atoms with Gasteiger partial charge in [0, 0.05) is 11.3 Å². The summed E-state index contributed by atoms with van der Waals surface area (Å²) in [7, 11) is 0. The summed E-state index contributed by atoms with van der Waals surface area (Å²) in [4.78, 5) is 14.5. The number of thioether (sulfide) groups is 1. The molecule has 0 aromatic rings. The van der Waals surface area contributed by atoms with Gasteiger partial charge in [-0.25, -0.2) is 0 Å². The number of carbonyl (C=O) groups excluding carboxylic acids is 1. The third-order valence-corrected chi connectivity index (χ3v) is 5.61. The minimum absolute atomic E-state index is 0.0256. The van der Waals surface area contributed by atoms with E-state index in [2.05, 4.69) is 32.6 Å². The first-order chi connectivity index (χ1) is 8.89. The van der Waals surface area contributed by atoms with Crippen LogP contribution < -0.4 is 0 Å². The van der Waals surface area contributed by atoms with E-state index in [4.69, 9.17) is 4.74 Å². The van der Waals surface area contributed by atoms with Crippen molar-refractivity contribution in [2.24, 2.45) is 5.41 Å². The lowest BCUT2D eigenvalue weighted by atomic mass is 9.77. The van der Waals surface area contributed by atoms with E-state index in [0.717, 1.165) is 25.3 Å². The molecular weight excluding hydrogens is 258 g/mol. The Morgan fingerprint density at radius 2 is 1.84 bits per heavy atom. The average Bonchev–Trinajstić information content (AvgIpc) is 2.28. The van der Waals surface area contributed by atoms with Crippen LogP contribution in [0.2, 0.25) is 0 Å². The van der Waals surface area contributed by atoms with Crippen LogP contribution in [0.15, 0.2) is 0 Å². The Morgan fingerprint density at radius 3 is 2.32 bits per heavy atom. The molecule has 0 bridgehead atoms. The topological polar surface area (TPSA) is 29.5 Å². The van der Waals surface area contributed by atoms with E-state index >= 15 is 0 Å². The van der Waals surface area contributed by atoms with Crippen molar-refractivity contribution in [3.8, 4) is 0 Å². The summed E-state index contributed by atoms with van der Waals surface area (Å²) in [5.74, 6) is 2.17. The first kappa shape index (κ1) is 16.8. The van der Waals surface area contributed by atoms with Crippen LogP contribution in [0.5, 0.6) is 0 Å². The van der Waals surface area contributed by atoms with Crippen LogP contribution in [0.25, 0.3) is 0 Å². The number of hydrogen-bond acceptors (Lipinski definition) is 4. The summed E-state index contributed by atoms with van der Waals surface area (Å²) in [6.07, 6.45) is 1.60. The highest BCUT2D eigenvalue weighted by atomic mass is 32.2. The van der Waals surface area contributed by atoms with Crippen molar-refractivity contribution in [1.29, 1.82) is 0 Å². The molecule has 1 saturated heterocycles. The monoisotopic (exact) mass is 287 g/mol. The molecule has 1 aliphatic rings. The fourth-order valence-electron chi connectivity index (χ4n) is 3.31. The maximum absolute atomic E-state index is 12.0. The van der Waals surface area contributed by atoms with Crippen molar-refractivity contribution >= 4 is 17.7 Å². The number of carbonyl (C=O) groups is 1. The molecule has 112 valence electrons.